The van der Waals surface area contributed by atoms with Gasteiger partial charge < -0.3 is 29.4 Å². The molecule has 9 heteroatoms. The minimum atomic E-state index is -0.712. The molecule has 2 atom stereocenters. The van der Waals surface area contributed by atoms with E-state index in [1.54, 1.807) is 35.2 Å². The first-order valence-electron chi connectivity index (χ1n) is 10.7. The first kappa shape index (κ1) is 21.7. The van der Waals surface area contributed by atoms with Crippen LogP contribution in [0.15, 0.2) is 41.0 Å². The Balaban J connectivity index is 1.38. The van der Waals surface area contributed by atoms with Crippen molar-refractivity contribution < 1.29 is 28.3 Å². The second-order valence-electron chi connectivity index (χ2n) is 8.26. The van der Waals surface area contributed by atoms with Crippen LogP contribution in [0.4, 0.5) is 5.69 Å². The van der Waals surface area contributed by atoms with Gasteiger partial charge in [0.15, 0.2) is 11.5 Å². The summed E-state index contributed by atoms with van der Waals surface area (Å²) in [6.45, 7) is 5.14. The molecule has 0 spiro atoms. The Hall–Kier alpha value is -3.49. The molecule has 1 saturated heterocycles. The van der Waals surface area contributed by atoms with Gasteiger partial charge in [-0.3, -0.25) is 14.4 Å². The van der Waals surface area contributed by atoms with Crippen molar-refractivity contribution in [3.05, 3.63) is 42.4 Å². The van der Waals surface area contributed by atoms with Gasteiger partial charge in [0, 0.05) is 24.7 Å². The topological polar surface area (TPSA) is 110 Å². The molecule has 9 nitrogen and oxygen atoms in total. The van der Waals surface area contributed by atoms with Crippen LogP contribution < -0.4 is 25.0 Å². The van der Waals surface area contributed by atoms with Gasteiger partial charge in [-0.2, -0.15) is 0 Å². The van der Waals surface area contributed by atoms with Crippen LogP contribution >= 0.6 is 0 Å². The van der Waals surface area contributed by atoms with Gasteiger partial charge in [-0.05, 0) is 30.2 Å². The van der Waals surface area contributed by atoms with Crippen molar-refractivity contribution in [1.29, 1.82) is 0 Å². The summed E-state index contributed by atoms with van der Waals surface area (Å²) >= 11 is 0. The first-order chi connectivity index (χ1) is 15.4. The lowest BCUT2D eigenvalue weighted by Crippen LogP contribution is -2.51. The minimum absolute atomic E-state index is 0.0824. The third kappa shape index (κ3) is 4.71. The van der Waals surface area contributed by atoms with E-state index in [1.807, 2.05) is 13.8 Å². The van der Waals surface area contributed by atoms with Crippen molar-refractivity contribution in [2.45, 2.75) is 32.9 Å². The monoisotopic (exact) mass is 441 g/mol. The number of furan rings is 1. The van der Waals surface area contributed by atoms with Crippen LogP contribution in [0, 0.1) is 11.8 Å². The maximum Gasteiger partial charge on any atom is 0.243 e. The molecule has 0 aliphatic carbocycles. The third-order valence-corrected chi connectivity index (χ3v) is 5.60. The Morgan fingerprint density at radius 1 is 1.16 bits per heavy atom. The van der Waals surface area contributed by atoms with E-state index in [9.17, 15) is 14.4 Å². The van der Waals surface area contributed by atoms with E-state index in [-0.39, 0.29) is 43.1 Å². The molecule has 0 bridgehead atoms. The quantitative estimate of drug-likeness (QED) is 0.679. The number of ether oxygens (including phenoxy) is 2. The van der Waals surface area contributed by atoms with E-state index in [2.05, 4.69) is 10.6 Å². The summed E-state index contributed by atoms with van der Waals surface area (Å²) in [5.41, 5.74) is 0.658. The number of amides is 3. The Labute approximate surface area is 186 Å². The summed E-state index contributed by atoms with van der Waals surface area (Å²) in [6, 6.07) is 8.10. The van der Waals surface area contributed by atoms with E-state index in [0.717, 1.165) is 0 Å². The number of fused-ring (bicyclic) bond motifs is 1. The van der Waals surface area contributed by atoms with Gasteiger partial charge in [0.1, 0.15) is 25.0 Å². The van der Waals surface area contributed by atoms with Gasteiger partial charge >= 0.3 is 0 Å². The van der Waals surface area contributed by atoms with Gasteiger partial charge in [-0.25, -0.2) is 0 Å². The first-order valence-corrected chi connectivity index (χ1v) is 10.7. The second kappa shape index (κ2) is 9.33. The molecular formula is C23H27N3O6. The highest BCUT2D eigenvalue weighted by atomic mass is 16.6. The molecule has 170 valence electrons. The minimum Gasteiger partial charge on any atom is -0.486 e. The summed E-state index contributed by atoms with van der Waals surface area (Å²) in [6.07, 6.45) is 1.62. The molecule has 2 aromatic rings. The van der Waals surface area contributed by atoms with Gasteiger partial charge in [-0.1, -0.05) is 13.8 Å². The molecule has 1 fully saturated rings. The highest BCUT2D eigenvalue weighted by Gasteiger charge is 2.37. The number of hydrogen-bond donors (Lipinski definition) is 2. The van der Waals surface area contributed by atoms with E-state index in [1.165, 1.54) is 6.26 Å². The fraction of sp³-hybridized carbons (Fsp3) is 0.435. The summed E-state index contributed by atoms with van der Waals surface area (Å²) < 4.78 is 16.3. The van der Waals surface area contributed by atoms with E-state index in [0.29, 0.717) is 36.2 Å². The molecule has 3 amide bonds. The number of nitrogens with zero attached hydrogens (tertiary/aromatic N) is 1. The van der Waals surface area contributed by atoms with Gasteiger partial charge in [-0.15, -0.1) is 0 Å². The molecule has 32 heavy (non-hydrogen) atoms. The van der Waals surface area contributed by atoms with Gasteiger partial charge in [0.05, 0.1) is 18.7 Å². The standard InChI is InChI=1S/C23H27N3O6/c1-14(2)21(23(29)24-12-17-4-3-7-30-17)25-22(28)15-10-20(27)26(13-15)16-5-6-18-19(11-16)32-9-8-31-18/h3-7,11,14-15,21H,8-10,12-13H2,1-2H3,(H,24,29)(H,25,28)/t15?,21-/m1/s1. The van der Waals surface area contributed by atoms with Crippen molar-refractivity contribution >= 4 is 23.4 Å². The Bertz CT molecular complexity index is 988. The van der Waals surface area contributed by atoms with Crippen molar-refractivity contribution in [3.8, 4) is 11.5 Å². The lowest BCUT2D eigenvalue weighted by molar-refractivity contribution is -0.132. The van der Waals surface area contributed by atoms with E-state index in [4.69, 9.17) is 13.9 Å². The second-order valence-corrected chi connectivity index (χ2v) is 8.26. The fourth-order valence-corrected chi connectivity index (χ4v) is 3.84. The highest BCUT2D eigenvalue weighted by Crippen LogP contribution is 2.36. The summed E-state index contributed by atoms with van der Waals surface area (Å²) in [5.74, 6) is 0.428. The maximum absolute atomic E-state index is 12.9. The van der Waals surface area contributed by atoms with Crippen LogP contribution in [0.25, 0.3) is 0 Å². The largest absolute Gasteiger partial charge is 0.486 e. The number of carbonyl (C=O) groups excluding carboxylic acids is 3. The molecule has 2 aliphatic rings. The molecule has 1 unspecified atom stereocenters. The number of benzene rings is 1. The fourth-order valence-electron chi connectivity index (χ4n) is 3.84. The van der Waals surface area contributed by atoms with Crippen LogP contribution in [-0.4, -0.2) is 43.5 Å². The molecule has 4 rings (SSSR count). The molecule has 1 aromatic heterocycles. The predicted molar refractivity (Wildman–Crippen MR) is 115 cm³/mol. The number of carbonyl (C=O) groups is 3. The smallest absolute Gasteiger partial charge is 0.243 e. The summed E-state index contributed by atoms with van der Waals surface area (Å²) in [4.78, 5) is 39.8. The van der Waals surface area contributed by atoms with Crippen molar-refractivity contribution in [1.82, 2.24) is 10.6 Å². The normalized spacial score (nSPS) is 18.5. The van der Waals surface area contributed by atoms with Crippen molar-refractivity contribution in [3.63, 3.8) is 0 Å². The number of anilines is 1. The lowest BCUT2D eigenvalue weighted by atomic mass is 10.0. The maximum atomic E-state index is 12.9. The molecule has 1 aromatic carbocycles. The van der Waals surface area contributed by atoms with Crippen LogP contribution in [0.2, 0.25) is 0 Å². The zero-order chi connectivity index (χ0) is 22.7. The molecule has 3 heterocycles. The summed E-state index contributed by atoms with van der Waals surface area (Å²) in [5, 5.41) is 5.61. The van der Waals surface area contributed by atoms with Crippen LogP contribution in [0.1, 0.15) is 26.0 Å². The highest BCUT2D eigenvalue weighted by molar-refractivity contribution is 6.01. The number of hydrogen-bond acceptors (Lipinski definition) is 6. The molecule has 0 radical (unpaired) electrons. The Kier molecular flexibility index (Phi) is 6.34. The molecule has 2 aliphatic heterocycles. The zero-order valence-corrected chi connectivity index (χ0v) is 18.1. The van der Waals surface area contributed by atoms with Gasteiger partial charge in [0.25, 0.3) is 0 Å². The molecular weight excluding hydrogens is 414 g/mol. The zero-order valence-electron chi connectivity index (χ0n) is 18.1. The predicted octanol–water partition coefficient (Wildman–Crippen LogP) is 1.86. The van der Waals surface area contributed by atoms with Crippen molar-refractivity contribution in [2.75, 3.05) is 24.7 Å². The number of nitrogens with one attached hydrogen (secondary N) is 2. The summed E-state index contributed by atoms with van der Waals surface area (Å²) in [7, 11) is 0. The third-order valence-electron chi connectivity index (χ3n) is 5.60. The lowest BCUT2D eigenvalue weighted by Gasteiger charge is -2.24. The van der Waals surface area contributed by atoms with E-state index < -0.39 is 12.0 Å². The Morgan fingerprint density at radius 2 is 1.94 bits per heavy atom. The molecule has 2 N–H and O–H groups in total. The average molecular weight is 441 g/mol. The van der Waals surface area contributed by atoms with Gasteiger partial charge in [0.2, 0.25) is 17.7 Å². The average Bonchev–Trinajstić information content (AvgIpc) is 3.45. The Morgan fingerprint density at radius 3 is 2.66 bits per heavy atom. The SMILES string of the molecule is CC(C)[C@@H](NC(=O)C1CC(=O)N(c2ccc3c(c2)OCCO3)C1)C(=O)NCc1ccco1. The number of rotatable bonds is 7. The molecule has 0 saturated carbocycles. The van der Waals surface area contributed by atoms with Crippen LogP contribution in [-0.2, 0) is 20.9 Å². The van der Waals surface area contributed by atoms with E-state index >= 15 is 0 Å². The van der Waals surface area contributed by atoms with Crippen LogP contribution in [0.3, 0.4) is 0 Å². The van der Waals surface area contributed by atoms with Crippen molar-refractivity contribution in [2.24, 2.45) is 11.8 Å². The van der Waals surface area contributed by atoms with Crippen LogP contribution in [0.5, 0.6) is 11.5 Å².